The van der Waals surface area contributed by atoms with Crippen molar-refractivity contribution in [2.75, 3.05) is 31.0 Å². The van der Waals surface area contributed by atoms with E-state index in [0.717, 1.165) is 18.2 Å². The van der Waals surface area contributed by atoms with E-state index in [0.29, 0.717) is 47.4 Å². The van der Waals surface area contributed by atoms with E-state index in [4.69, 9.17) is 18.9 Å². The van der Waals surface area contributed by atoms with E-state index < -0.39 is 23.5 Å². The molecule has 9 nitrogen and oxygen atoms in total. The molecule has 0 bridgehead atoms. The zero-order valence-electron chi connectivity index (χ0n) is 18.6. The summed E-state index contributed by atoms with van der Waals surface area (Å²) < 4.78 is 64.1. The van der Waals surface area contributed by atoms with E-state index in [2.05, 4.69) is 20.6 Å². The average Bonchev–Trinajstić information content (AvgIpc) is 2.87. The van der Waals surface area contributed by atoms with Gasteiger partial charge in [0.25, 0.3) is 0 Å². The van der Waals surface area contributed by atoms with Crippen molar-refractivity contribution in [3.63, 3.8) is 0 Å². The molecule has 0 fully saturated rings. The van der Waals surface area contributed by atoms with Gasteiger partial charge in [0.05, 0.1) is 24.0 Å². The number of methoxy groups -OCH3 is 1. The van der Waals surface area contributed by atoms with Crippen molar-refractivity contribution in [3.05, 3.63) is 66.2 Å². The molecule has 1 aromatic heterocycles. The first-order valence-corrected chi connectivity index (χ1v) is 10.5. The van der Waals surface area contributed by atoms with E-state index in [1.165, 1.54) is 25.6 Å². The Hall–Kier alpha value is -4.74. The summed E-state index contributed by atoms with van der Waals surface area (Å²) in [6.45, 7) is 0.627. The van der Waals surface area contributed by atoms with E-state index in [1.54, 1.807) is 6.07 Å². The monoisotopic (exact) mass is 498 g/mol. The van der Waals surface area contributed by atoms with Gasteiger partial charge < -0.3 is 29.6 Å². The molecule has 0 atom stereocenters. The number of amides is 2. The van der Waals surface area contributed by atoms with Gasteiger partial charge >= 0.3 is 6.03 Å². The average molecular weight is 498 g/mol. The second kappa shape index (κ2) is 9.49. The zero-order valence-corrected chi connectivity index (χ0v) is 18.6. The van der Waals surface area contributed by atoms with Crippen LogP contribution in [0.1, 0.15) is 0 Å². The standard InChI is InChI=1S/C24H17F3N4O5/c1-33-19-10-18-20(22-21(19)34-6-7-35-22)23(29-11-28-18)36-13-3-5-17(15(27)9-13)31-24(32)30-16-4-2-12(25)8-14(16)26/h2-5,8-11H,6-7H2,1H3,(H2,30,31,32). The highest BCUT2D eigenvalue weighted by atomic mass is 19.1. The SMILES string of the molecule is COc1cc2ncnc(Oc3ccc(NC(=O)Nc4ccc(F)cc4F)c(F)c3)c2c2c1OCCO2. The van der Waals surface area contributed by atoms with Crippen molar-refractivity contribution in [3.8, 4) is 28.9 Å². The number of ether oxygens (including phenoxy) is 4. The maximum atomic E-state index is 14.7. The van der Waals surface area contributed by atoms with Crippen LogP contribution in [-0.2, 0) is 0 Å². The fourth-order valence-electron chi connectivity index (χ4n) is 3.55. The molecular formula is C24H17F3N4O5. The van der Waals surface area contributed by atoms with Crippen molar-refractivity contribution in [2.24, 2.45) is 0 Å². The summed E-state index contributed by atoms with van der Waals surface area (Å²) in [4.78, 5) is 20.5. The second-order valence-corrected chi connectivity index (χ2v) is 7.45. The maximum Gasteiger partial charge on any atom is 0.323 e. The fourth-order valence-corrected chi connectivity index (χ4v) is 3.55. The molecule has 0 saturated carbocycles. The molecule has 0 unspecified atom stereocenters. The highest BCUT2D eigenvalue weighted by Gasteiger charge is 2.25. The van der Waals surface area contributed by atoms with Gasteiger partial charge in [0.15, 0.2) is 11.5 Å². The van der Waals surface area contributed by atoms with Crippen LogP contribution in [0.2, 0.25) is 0 Å². The van der Waals surface area contributed by atoms with Crippen LogP contribution in [-0.4, -0.2) is 36.3 Å². The predicted octanol–water partition coefficient (Wildman–Crippen LogP) is 5.26. The third-order valence-electron chi connectivity index (χ3n) is 5.15. The third kappa shape index (κ3) is 4.48. The number of hydrogen-bond acceptors (Lipinski definition) is 7. The highest BCUT2D eigenvalue weighted by Crippen LogP contribution is 2.47. The zero-order chi connectivity index (χ0) is 25.2. The number of urea groups is 1. The fraction of sp³-hybridized carbons (Fsp3) is 0.125. The summed E-state index contributed by atoms with van der Waals surface area (Å²) in [5.41, 5.74) is -0.00520. The Morgan fingerprint density at radius 2 is 1.61 bits per heavy atom. The van der Waals surface area contributed by atoms with E-state index in [-0.39, 0.29) is 23.0 Å². The largest absolute Gasteiger partial charge is 0.493 e. The summed E-state index contributed by atoms with van der Waals surface area (Å²) in [7, 11) is 1.49. The van der Waals surface area contributed by atoms with Gasteiger partial charge in [0.2, 0.25) is 11.6 Å². The molecule has 0 aliphatic carbocycles. The first kappa shape index (κ1) is 23.0. The first-order chi connectivity index (χ1) is 17.4. The van der Waals surface area contributed by atoms with Crippen LogP contribution < -0.4 is 29.6 Å². The van der Waals surface area contributed by atoms with Crippen LogP contribution in [0.3, 0.4) is 0 Å². The van der Waals surface area contributed by atoms with Crippen LogP contribution in [0, 0.1) is 17.5 Å². The molecule has 0 radical (unpaired) electrons. The maximum absolute atomic E-state index is 14.7. The van der Waals surface area contributed by atoms with Gasteiger partial charge in [-0.25, -0.2) is 27.9 Å². The third-order valence-corrected chi connectivity index (χ3v) is 5.15. The number of rotatable bonds is 5. The molecule has 1 aliphatic rings. The van der Waals surface area contributed by atoms with E-state index >= 15 is 0 Å². The topological polar surface area (TPSA) is 104 Å². The number of anilines is 2. The Labute approximate surface area is 201 Å². The van der Waals surface area contributed by atoms with E-state index in [1.807, 2.05) is 0 Å². The Morgan fingerprint density at radius 3 is 2.31 bits per heavy atom. The Bertz CT molecular complexity index is 1480. The van der Waals surface area contributed by atoms with Gasteiger partial charge in [-0.1, -0.05) is 0 Å². The molecule has 0 spiro atoms. The molecule has 2 heterocycles. The smallest absolute Gasteiger partial charge is 0.323 e. The number of hydrogen-bond donors (Lipinski definition) is 2. The number of aromatic nitrogens is 2. The number of nitrogens with one attached hydrogen (secondary N) is 2. The lowest BCUT2D eigenvalue weighted by atomic mass is 10.1. The molecule has 2 amide bonds. The minimum absolute atomic E-state index is 0.0735. The summed E-state index contributed by atoms with van der Waals surface area (Å²) >= 11 is 0. The summed E-state index contributed by atoms with van der Waals surface area (Å²) in [6.07, 6.45) is 1.28. The summed E-state index contributed by atoms with van der Waals surface area (Å²) in [5.74, 6) is -1.28. The Balaban J connectivity index is 1.38. The number of fused-ring (bicyclic) bond motifs is 3. The van der Waals surface area contributed by atoms with Crippen molar-refractivity contribution in [2.45, 2.75) is 0 Å². The Kier molecular flexibility index (Phi) is 6.07. The van der Waals surface area contributed by atoms with Crippen molar-refractivity contribution in [1.82, 2.24) is 9.97 Å². The molecule has 2 N–H and O–H groups in total. The summed E-state index contributed by atoms with van der Waals surface area (Å²) in [6, 6.07) is 7.06. The van der Waals surface area contributed by atoms with Crippen LogP contribution in [0.15, 0.2) is 48.8 Å². The predicted molar refractivity (Wildman–Crippen MR) is 123 cm³/mol. The molecule has 36 heavy (non-hydrogen) atoms. The van der Waals surface area contributed by atoms with Crippen LogP contribution in [0.5, 0.6) is 28.9 Å². The van der Waals surface area contributed by atoms with Crippen molar-refractivity contribution >= 4 is 28.3 Å². The van der Waals surface area contributed by atoms with Crippen molar-refractivity contribution < 1.29 is 36.9 Å². The molecule has 3 aromatic carbocycles. The second-order valence-electron chi connectivity index (χ2n) is 7.45. The van der Waals surface area contributed by atoms with Gasteiger partial charge in [-0.2, -0.15) is 0 Å². The highest BCUT2D eigenvalue weighted by molar-refractivity contribution is 6.00. The van der Waals surface area contributed by atoms with E-state index in [9.17, 15) is 18.0 Å². The molecular weight excluding hydrogens is 481 g/mol. The number of nitrogens with zero attached hydrogens (tertiary/aromatic N) is 2. The molecule has 12 heteroatoms. The van der Waals surface area contributed by atoms with Gasteiger partial charge in [-0.05, 0) is 24.3 Å². The minimum Gasteiger partial charge on any atom is -0.493 e. The molecule has 0 saturated heterocycles. The quantitative estimate of drug-likeness (QED) is 0.387. The van der Waals surface area contributed by atoms with Crippen LogP contribution >= 0.6 is 0 Å². The minimum atomic E-state index is -0.972. The van der Waals surface area contributed by atoms with Gasteiger partial charge in [0, 0.05) is 18.2 Å². The first-order valence-electron chi connectivity index (χ1n) is 10.5. The van der Waals surface area contributed by atoms with Gasteiger partial charge in [-0.15, -0.1) is 0 Å². The molecule has 4 aromatic rings. The summed E-state index contributed by atoms with van der Waals surface area (Å²) in [5, 5.41) is 4.85. The molecule has 5 rings (SSSR count). The number of carbonyl (C=O) groups excluding carboxylic acids is 1. The van der Waals surface area contributed by atoms with Crippen molar-refractivity contribution in [1.29, 1.82) is 0 Å². The number of halogens is 3. The lowest BCUT2D eigenvalue weighted by Gasteiger charge is -2.22. The van der Waals surface area contributed by atoms with Crippen LogP contribution in [0.4, 0.5) is 29.3 Å². The lowest BCUT2D eigenvalue weighted by molar-refractivity contribution is 0.167. The Morgan fingerprint density at radius 1 is 0.917 bits per heavy atom. The van der Waals surface area contributed by atoms with Crippen LogP contribution in [0.25, 0.3) is 10.9 Å². The van der Waals surface area contributed by atoms with Gasteiger partial charge in [-0.3, -0.25) is 0 Å². The number of benzene rings is 3. The van der Waals surface area contributed by atoms with Gasteiger partial charge in [0.1, 0.15) is 48.1 Å². The molecule has 184 valence electrons. The molecule has 1 aliphatic heterocycles. The normalized spacial score (nSPS) is 12.2. The number of carbonyl (C=O) groups is 1. The lowest BCUT2D eigenvalue weighted by Crippen LogP contribution is -2.20.